The molecule has 3 aliphatic heterocycles. The van der Waals surface area contributed by atoms with E-state index in [-0.39, 0.29) is 0 Å². The van der Waals surface area contributed by atoms with Crippen molar-refractivity contribution in [1.29, 1.82) is 0 Å². The SMILES string of the molecule is FC1Cc2c(ccc3cc4c5c(ccc4cc23)SC(CCc2ccc3c(c2)OCC3)C5)S1. The summed E-state index contributed by atoms with van der Waals surface area (Å²) in [5, 5.41) is 5.74. The quantitative estimate of drug-likeness (QED) is 0.294. The van der Waals surface area contributed by atoms with Gasteiger partial charge in [-0.1, -0.05) is 36.0 Å². The van der Waals surface area contributed by atoms with Crippen LogP contribution in [0.4, 0.5) is 4.39 Å². The van der Waals surface area contributed by atoms with E-state index in [0.29, 0.717) is 11.7 Å². The maximum absolute atomic E-state index is 14.0. The lowest BCUT2D eigenvalue weighted by atomic mass is 9.94. The highest BCUT2D eigenvalue weighted by Crippen LogP contribution is 2.46. The van der Waals surface area contributed by atoms with E-state index in [1.54, 1.807) is 0 Å². The predicted molar refractivity (Wildman–Crippen MR) is 133 cm³/mol. The fraction of sp³-hybridized carbons (Fsp3) is 0.286. The molecule has 32 heavy (non-hydrogen) atoms. The summed E-state index contributed by atoms with van der Waals surface area (Å²) in [5.41, 5.74) is 4.61. The Morgan fingerprint density at radius 1 is 0.844 bits per heavy atom. The standard InChI is InChI=1S/C28H23FOS2/c29-28-15-24-22-13-18-4-7-26-23(21(18)12-19(22)5-8-27(24)32-28)14-20(31-26)6-2-16-1-3-17-9-10-30-25(17)11-16/h1,3-5,7-8,11-13,20,28H,2,6,9-10,14-15H2. The summed E-state index contributed by atoms with van der Waals surface area (Å²) in [6, 6.07) is 20.2. The van der Waals surface area contributed by atoms with Gasteiger partial charge >= 0.3 is 0 Å². The van der Waals surface area contributed by atoms with Gasteiger partial charge in [-0.3, -0.25) is 0 Å². The predicted octanol–water partition coefficient (Wildman–Crippen LogP) is 7.52. The van der Waals surface area contributed by atoms with Gasteiger partial charge in [0.25, 0.3) is 0 Å². The first kappa shape index (κ1) is 19.3. The molecule has 4 heteroatoms. The third-order valence-electron chi connectivity index (χ3n) is 7.16. The average molecular weight is 459 g/mol. The van der Waals surface area contributed by atoms with Crippen molar-refractivity contribution in [2.75, 3.05) is 6.61 Å². The molecule has 0 amide bonds. The number of aryl methyl sites for hydroxylation is 1. The van der Waals surface area contributed by atoms with Crippen LogP contribution in [0.5, 0.6) is 5.75 Å². The number of hydrogen-bond donors (Lipinski definition) is 0. The molecule has 7 rings (SSSR count). The Labute approximate surface area is 195 Å². The van der Waals surface area contributed by atoms with Crippen LogP contribution in [0.15, 0.2) is 64.4 Å². The van der Waals surface area contributed by atoms with Crippen LogP contribution in [0.3, 0.4) is 0 Å². The van der Waals surface area contributed by atoms with Gasteiger partial charge in [-0.05, 0) is 93.4 Å². The molecule has 4 aromatic rings. The summed E-state index contributed by atoms with van der Waals surface area (Å²) in [4.78, 5) is 2.54. The van der Waals surface area contributed by atoms with Crippen molar-refractivity contribution in [3.8, 4) is 5.75 Å². The molecule has 3 heterocycles. The Hall–Kier alpha value is -2.17. The van der Waals surface area contributed by atoms with E-state index in [0.717, 1.165) is 36.5 Å². The maximum Gasteiger partial charge on any atom is 0.154 e. The fourth-order valence-electron chi connectivity index (χ4n) is 5.51. The van der Waals surface area contributed by atoms with E-state index in [4.69, 9.17) is 4.74 Å². The number of ether oxygens (including phenoxy) is 1. The third-order valence-corrected chi connectivity index (χ3v) is 9.59. The summed E-state index contributed by atoms with van der Waals surface area (Å²) in [6.45, 7) is 0.824. The Kier molecular flexibility index (Phi) is 4.48. The van der Waals surface area contributed by atoms with Crippen LogP contribution >= 0.6 is 23.5 Å². The van der Waals surface area contributed by atoms with Crippen molar-refractivity contribution in [2.45, 2.75) is 52.6 Å². The van der Waals surface area contributed by atoms with E-state index in [2.05, 4.69) is 54.6 Å². The maximum atomic E-state index is 14.0. The zero-order chi connectivity index (χ0) is 21.2. The number of benzene rings is 4. The van der Waals surface area contributed by atoms with Gasteiger partial charge in [0.15, 0.2) is 5.50 Å². The second kappa shape index (κ2) is 7.43. The summed E-state index contributed by atoms with van der Waals surface area (Å²) in [5.74, 6) is 1.09. The lowest BCUT2D eigenvalue weighted by Gasteiger charge is -2.10. The molecule has 4 aromatic carbocycles. The molecule has 0 fully saturated rings. The van der Waals surface area contributed by atoms with Gasteiger partial charge in [0, 0.05) is 27.9 Å². The van der Waals surface area contributed by atoms with E-state index in [9.17, 15) is 4.39 Å². The molecule has 0 saturated heterocycles. The molecule has 3 aliphatic rings. The monoisotopic (exact) mass is 458 g/mol. The van der Waals surface area contributed by atoms with Gasteiger partial charge in [0.1, 0.15) is 5.75 Å². The molecule has 160 valence electrons. The molecule has 0 bridgehead atoms. The second-order valence-corrected chi connectivity index (χ2v) is 11.7. The van der Waals surface area contributed by atoms with Gasteiger partial charge in [-0.2, -0.15) is 0 Å². The molecule has 2 unspecified atom stereocenters. The molecule has 1 nitrogen and oxygen atoms in total. The molecule has 0 aliphatic carbocycles. The van der Waals surface area contributed by atoms with Gasteiger partial charge in [-0.25, -0.2) is 4.39 Å². The molecule has 0 aromatic heterocycles. The van der Waals surface area contributed by atoms with Crippen LogP contribution in [0.2, 0.25) is 0 Å². The number of thioether (sulfide) groups is 2. The van der Waals surface area contributed by atoms with Crippen LogP contribution in [-0.2, 0) is 25.7 Å². The normalized spacial score (nSPS) is 21.0. The van der Waals surface area contributed by atoms with Gasteiger partial charge in [0.2, 0.25) is 0 Å². The number of hydrogen-bond acceptors (Lipinski definition) is 3. The minimum Gasteiger partial charge on any atom is -0.493 e. The van der Waals surface area contributed by atoms with E-state index >= 15 is 0 Å². The molecule has 0 radical (unpaired) electrons. The summed E-state index contributed by atoms with van der Waals surface area (Å²) in [6.07, 6.45) is 4.96. The summed E-state index contributed by atoms with van der Waals surface area (Å²) in [7, 11) is 0. The van der Waals surface area contributed by atoms with Crippen molar-refractivity contribution < 1.29 is 9.13 Å². The molecule has 0 N–H and O–H groups in total. The van der Waals surface area contributed by atoms with Crippen LogP contribution in [0, 0.1) is 0 Å². The van der Waals surface area contributed by atoms with E-state index in [1.807, 2.05) is 11.8 Å². The highest BCUT2D eigenvalue weighted by atomic mass is 32.2. The lowest BCUT2D eigenvalue weighted by Crippen LogP contribution is -2.03. The average Bonchev–Trinajstić information content (AvgIpc) is 3.53. The second-order valence-electron chi connectivity index (χ2n) is 9.13. The molecular formula is C28H23FOS2. The van der Waals surface area contributed by atoms with Crippen molar-refractivity contribution in [2.24, 2.45) is 0 Å². The minimum atomic E-state index is -0.805. The van der Waals surface area contributed by atoms with E-state index in [1.165, 1.54) is 66.9 Å². The molecule has 2 atom stereocenters. The van der Waals surface area contributed by atoms with Crippen molar-refractivity contribution in [3.63, 3.8) is 0 Å². The summed E-state index contributed by atoms with van der Waals surface area (Å²) >= 11 is 3.40. The number of alkyl halides is 1. The highest BCUT2D eigenvalue weighted by molar-refractivity contribution is 8.00. The number of halogens is 1. The number of rotatable bonds is 3. The zero-order valence-electron chi connectivity index (χ0n) is 17.7. The first-order valence-corrected chi connectivity index (χ1v) is 13.2. The van der Waals surface area contributed by atoms with Crippen LogP contribution in [0.1, 0.15) is 28.7 Å². The summed E-state index contributed by atoms with van der Waals surface area (Å²) < 4.78 is 19.7. The number of fused-ring (bicyclic) bond motifs is 7. The Bertz CT molecular complexity index is 1400. The van der Waals surface area contributed by atoms with Crippen molar-refractivity contribution in [3.05, 3.63) is 76.9 Å². The first-order valence-electron chi connectivity index (χ1n) is 11.4. The van der Waals surface area contributed by atoms with Crippen LogP contribution in [0.25, 0.3) is 21.5 Å². The lowest BCUT2D eigenvalue weighted by molar-refractivity contribution is 0.356. The largest absolute Gasteiger partial charge is 0.493 e. The highest BCUT2D eigenvalue weighted by Gasteiger charge is 2.26. The van der Waals surface area contributed by atoms with Crippen molar-refractivity contribution in [1.82, 2.24) is 0 Å². The van der Waals surface area contributed by atoms with Gasteiger partial charge in [-0.15, -0.1) is 11.8 Å². The van der Waals surface area contributed by atoms with Crippen molar-refractivity contribution >= 4 is 45.1 Å². The van der Waals surface area contributed by atoms with Gasteiger partial charge in [0.05, 0.1) is 6.61 Å². The third kappa shape index (κ3) is 3.14. The zero-order valence-corrected chi connectivity index (χ0v) is 19.3. The molecule has 0 spiro atoms. The Balaban J connectivity index is 1.17. The Morgan fingerprint density at radius 3 is 2.41 bits per heavy atom. The van der Waals surface area contributed by atoms with E-state index < -0.39 is 5.50 Å². The van der Waals surface area contributed by atoms with Crippen LogP contribution < -0.4 is 4.74 Å². The fourth-order valence-corrected chi connectivity index (χ4v) is 7.85. The molecular weight excluding hydrogens is 435 g/mol. The van der Waals surface area contributed by atoms with Crippen LogP contribution in [-0.4, -0.2) is 17.4 Å². The first-order chi connectivity index (χ1) is 15.7. The molecule has 0 saturated carbocycles. The van der Waals surface area contributed by atoms with Gasteiger partial charge < -0.3 is 4.74 Å². The Morgan fingerprint density at radius 2 is 1.59 bits per heavy atom. The minimum absolute atomic E-state index is 0.527. The smallest absolute Gasteiger partial charge is 0.154 e. The topological polar surface area (TPSA) is 9.23 Å².